The molecule has 1 aromatic carbocycles. The molecule has 1 fully saturated rings. The van der Waals surface area contributed by atoms with Crippen LogP contribution in [0.25, 0.3) is 0 Å². The molecule has 0 saturated carbocycles. The number of hydrogen-bond donors (Lipinski definition) is 1. The van der Waals surface area contributed by atoms with Gasteiger partial charge in [-0.2, -0.15) is 0 Å². The second kappa shape index (κ2) is 6.59. The van der Waals surface area contributed by atoms with Crippen LogP contribution in [0.4, 0.5) is 0 Å². The molecule has 1 N–H and O–H groups in total. The van der Waals surface area contributed by atoms with E-state index in [4.69, 9.17) is 14.2 Å². The minimum atomic E-state index is 0.270. The van der Waals surface area contributed by atoms with Crippen LogP contribution in [0.1, 0.15) is 5.56 Å². The summed E-state index contributed by atoms with van der Waals surface area (Å²) in [5.74, 6) is 0.926. The molecule has 0 aliphatic carbocycles. The lowest BCUT2D eigenvalue weighted by molar-refractivity contribution is -0.132. The highest BCUT2D eigenvalue weighted by Gasteiger charge is 2.18. The van der Waals surface area contributed by atoms with Gasteiger partial charge in [0, 0.05) is 12.1 Å². The predicted octanol–water partition coefficient (Wildman–Crippen LogP) is 1.20. The highest BCUT2D eigenvalue weighted by atomic mass is 16.6. The summed E-state index contributed by atoms with van der Waals surface area (Å²) in [7, 11) is 1.93. The fraction of sp³-hybridized carbons (Fsp3) is 0.538. The fourth-order valence-electron chi connectivity index (χ4n) is 1.66. The standard InChI is InChI=1S/C13H19NO3/c1-14-8-11-4-2-3-5-13(11)17-7-6-16-12-9-15-10-12/h2-5,12,14H,6-10H2,1H3. The van der Waals surface area contributed by atoms with Crippen molar-refractivity contribution < 1.29 is 14.2 Å². The van der Waals surface area contributed by atoms with E-state index in [9.17, 15) is 0 Å². The lowest BCUT2D eigenvalue weighted by Gasteiger charge is -2.25. The number of ether oxygens (including phenoxy) is 3. The predicted molar refractivity (Wildman–Crippen MR) is 65.3 cm³/mol. The highest BCUT2D eigenvalue weighted by molar-refractivity contribution is 5.33. The molecule has 17 heavy (non-hydrogen) atoms. The van der Waals surface area contributed by atoms with Crippen molar-refractivity contribution in [1.29, 1.82) is 0 Å². The zero-order valence-electron chi connectivity index (χ0n) is 10.1. The first kappa shape index (κ1) is 12.4. The Morgan fingerprint density at radius 2 is 2.12 bits per heavy atom. The van der Waals surface area contributed by atoms with Gasteiger partial charge in [-0.25, -0.2) is 0 Å². The molecule has 0 aromatic heterocycles. The Bertz CT molecular complexity index is 339. The second-order valence-electron chi connectivity index (χ2n) is 4.02. The van der Waals surface area contributed by atoms with Gasteiger partial charge in [-0.05, 0) is 13.1 Å². The summed E-state index contributed by atoms with van der Waals surface area (Å²) in [6.45, 7) is 3.44. The van der Waals surface area contributed by atoms with E-state index in [-0.39, 0.29) is 6.10 Å². The Labute approximate surface area is 102 Å². The van der Waals surface area contributed by atoms with Crippen LogP contribution in [0, 0.1) is 0 Å². The Balaban J connectivity index is 1.73. The van der Waals surface area contributed by atoms with Crippen LogP contribution in [0.3, 0.4) is 0 Å². The molecule has 1 aliphatic heterocycles. The number of para-hydroxylation sites is 1. The summed E-state index contributed by atoms with van der Waals surface area (Å²) < 4.78 is 16.3. The topological polar surface area (TPSA) is 39.7 Å². The molecule has 0 amide bonds. The normalized spacial score (nSPS) is 15.6. The van der Waals surface area contributed by atoms with Gasteiger partial charge in [0.05, 0.1) is 19.8 Å². The van der Waals surface area contributed by atoms with Crippen molar-refractivity contribution in [3.63, 3.8) is 0 Å². The number of benzene rings is 1. The third-order valence-electron chi connectivity index (χ3n) is 2.64. The molecule has 4 heteroatoms. The first-order valence-electron chi connectivity index (χ1n) is 5.95. The van der Waals surface area contributed by atoms with E-state index in [2.05, 4.69) is 11.4 Å². The molecule has 1 aromatic rings. The molecular weight excluding hydrogens is 218 g/mol. The molecule has 0 radical (unpaired) electrons. The van der Waals surface area contributed by atoms with Gasteiger partial charge in [-0.3, -0.25) is 0 Å². The zero-order chi connectivity index (χ0) is 11.9. The van der Waals surface area contributed by atoms with Gasteiger partial charge in [-0.1, -0.05) is 18.2 Å². The van der Waals surface area contributed by atoms with E-state index >= 15 is 0 Å². The first-order valence-corrected chi connectivity index (χ1v) is 5.95. The van der Waals surface area contributed by atoms with Gasteiger partial charge in [0.25, 0.3) is 0 Å². The average Bonchev–Trinajstić information content (AvgIpc) is 2.29. The lowest BCUT2D eigenvalue weighted by atomic mass is 10.2. The van der Waals surface area contributed by atoms with Gasteiger partial charge < -0.3 is 19.5 Å². The van der Waals surface area contributed by atoms with Crippen molar-refractivity contribution in [3.05, 3.63) is 29.8 Å². The van der Waals surface area contributed by atoms with E-state index in [1.54, 1.807) is 0 Å². The molecule has 1 heterocycles. The van der Waals surface area contributed by atoms with Crippen molar-refractivity contribution in [2.24, 2.45) is 0 Å². The third-order valence-corrected chi connectivity index (χ3v) is 2.64. The Kier molecular flexibility index (Phi) is 4.79. The molecule has 0 spiro atoms. The van der Waals surface area contributed by atoms with Gasteiger partial charge in [-0.15, -0.1) is 0 Å². The maximum absolute atomic E-state index is 5.70. The van der Waals surface area contributed by atoms with Crippen LogP contribution >= 0.6 is 0 Å². The maximum Gasteiger partial charge on any atom is 0.123 e. The monoisotopic (exact) mass is 237 g/mol. The summed E-state index contributed by atoms with van der Waals surface area (Å²) in [5, 5.41) is 3.12. The average molecular weight is 237 g/mol. The molecular formula is C13H19NO3. The number of rotatable bonds is 7. The summed E-state index contributed by atoms with van der Waals surface area (Å²) in [4.78, 5) is 0. The van der Waals surface area contributed by atoms with E-state index in [1.165, 1.54) is 5.56 Å². The van der Waals surface area contributed by atoms with Crippen molar-refractivity contribution in [1.82, 2.24) is 5.32 Å². The Hall–Kier alpha value is -1.10. The van der Waals surface area contributed by atoms with Gasteiger partial charge in [0.1, 0.15) is 18.5 Å². The SMILES string of the molecule is CNCc1ccccc1OCCOC1COC1. The smallest absolute Gasteiger partial charge is 0.123 e. The lowest BCUT2D eigenvalue weighted by Crippen LogP contribution is -2.37. The zero-order valence-corrected chi connectivity index (χ0v) is 10.1. The van der Waals surface area contributed by atoms with Crippen molar-refractivity contribution in [2.75, 3.05) is 33.5 Å². The number of nitrogens with one attached hydrogen (secondary N) is 1. The van der Waals surface area contributed by atoms with E-state index in [1.807, 2.05) is 25.2 Å². The molecule has 1 aliphatic rings. The van der Waals surface area contributed by atoms with Gasteiger partial charge in [0.15, 0.2) is 0 Å². The molecule has 4 nitrogen and oxygen atoms in total. The van der Waals surface area contributed by atoms with Crippen LogP contribution in [0.5, 0.6) is 5.75 Å². The largest absolute Gasteiger partial charge is 0.491 e. The molecule has 0 unspecified atom stereocenters. The van der Waals surface area contributed by atoms with Crippen LogP contribution in [-0.2, 0) is 16.0 Å². The number of hydrogen-bond acceptors (Lipinski definition) is 4. The van der Waals surface area contributed by atoms with Crippen molar-refractivity contribution in [2.45, 2.75) is 12.6 Å². The first-order chi connectivity index (χ1) is 8.40. The Morgan fingerprint density at radius 3 is 2.82 bits per heavy atom. The highest BCUT2D eigenvalue weighted by Crippen LogP contribution is 2.17. The van der Waals surface area contributed by atoms with Gasteiger partial charge >= 0.3 is 0 Å². The van der Waals surface area contributed by atoms with E-state index in [0.29, 0.717) is 13.2 Å². The summed E-state index contributed by atoms with van der Waals surface area (Å²) in [6.07, 6.45) is 0.270. The van der Waals surface area contributed by atoms with Gasteiger partial charge in [0.2, 0.25) is 0 Å². The summed E-state index contributed by atoms with van der Waals surface area (Å²) in [6, 6.07) is 8.04. The molecule has 2 rings (SSSR count). The van der Waals surface area contributed by atoms with Crippen LogP contribution in [0.15, 0.2) is 24.3 Å². The van der Waals surface area contributed by atoms with Crippen molar-refractivity contribution >= 4 is 0 Å². The Morgan fingerprint density at radius 1 is 1.29 bits per heavy atom. The van der Waals surface area contributed by atoms with E-state index < -0.39 is 0 Å². The maximum atomic E-state index is 5.70. The van der Waals surface area contributed by atoms with Crippen LogP contribution < -0.4 is 10.1 Å². The minimum Gasteiger partial charge on any atom is -0.491 e. The molecule has 94 valence electrons. The minimum absolute atomic E-state index is 0.270. The van der Waals surface area contributed by atoms with Crippen LogP contribution in [0.2, 0.25) is 0 Å². The quantitative estimate of drug-likeness (QED) is 0.723. The van der Waals surface area contributed by atoms with E-state index in [0.717, 1.165) is 25.5 Å². The van der Waals surface area contributed by atoms with Crippen molar-refractivity contribution in [3.8, 4) is 5.75 Å². The molecule has 0 bridgehead atoms. The second-order valence-corrected chi connectivity index (χ2v) is 4.02. The fourth-order valence-corrected chi connectivity index (χ4v) is 1.66. The molecule has 1 saturated heterocycles. The molecule has 0 atom stereocenters. The third kappa shape index (κ3) is 3.70. The summed E-state index contributed by atoms with van der Waals surface area (Å²) in [5.41, 5.74) is 1.17. The summed E-state index contributed by atoms with van der Waals surface area (Å²) >= 11 is 0. The van der Waals surface area contributed by atoms with Crippen LogP contribution in [-0.4, -0.2) is 39.6 Å².